The summed E-state index contributed by atoms with van der Waals surface area (Å²) in [6.07, 6.45) is 0. The van der Waals surface area contributed by atoms with Crippen molar-refractivity contribution in [2.45, 2.75) is 13.0 Å². The van der Waals surface area contributed by atoms with Gasteiger partial charge in [0.2, 0.25) is 0 Å². The van der Waals surface area contributed by atoms with Crippen LogP contribution in [0.1, 0.15) is 27.5 Å². The molecule has 126 valence electrons. The molecule has 0 aliphatic carbocycles. The van der Waals surface area contributed by atoms with Crippen LogP contribution in [0.25, 0.3) is 0 Å². The van der Waals surface area contributed by atoms with Crippen LogP contribution in [0.5, 0.6) is 0 Å². The highest BCUT2D eigenvalue weighted by Crippen LogP contribution is 2.21. The van der Waals surface area contributed by atoms with E-state index in [1.165, 1.54) is 5.56 Å². The van der Waals surface area contributed by atoms with Crippen molar-refractivity contribution in [1.29, 1.82) is 0 Å². The van der Waals surface area contributed by atoms with E-state index in [4.69, 9.17) is 4.74 Å². The Hall–Kier alpha value is -2.17. The van der Waals surface area contributed by atoms with Crippen LogP contribution in [0.4, 0.5) is 0 Å². The van der Waals surface area contributed by atoms with Gasteiger partial charge in [-0.3, -0.25) is 9.69 Å². The smallest absolute Gasteiger partial charge is 0.251 e. The molecule has 24 heavy (non-hydrogen) atoms. The van der Waals surface area contributed by atoms with Crippen LogP contribution in [0.2, 0.25) is 0 Å². The quantitative estimate of drug-likeness (QED) is 0.919. The van der Waals surface area contributed by atoms with Crippen LogP contribution < -0.4 is 5.32 Å². The molecule has 1 fully saturated rings. The van der Waals surface area contributed by atoms with Crippen LogP contribution >= 0.6 is 0 Å². The van der Waals surface area contributed by atoms with E-state index in [-0.39, 0.29) is 11.9 Å². The van der Waals surface area contributed by atoms with Gasteiger partial charge in [0.15, 0.2) is 0 Å². The Balaban J connectivity index is 1.71. The van der Waals surface area contributed by atoms with E-state index in [2.05, 4.69) is 22.3 Å². The largest absolute Gasteiger partial charge is 0.379 e. The van der Waals surface area contributed by atoms with Crippen molar-refractivity contribution >= 4 is 5.91 Å². The lowest BCUT2D eigenvalue weighted by molar-refractivity contribution is 0.0162. The molecule has 3 rings (SSSR count). The van der Waals surface area contributed by atoms with E-state index < -0.39 is 0 Å². The first-order valence-electron chi connectivity index (χ1n) is 8.45. The summed E-state index contributed by atoms with van der Waals surface area (Å²) in [4.78, 5) is 14.8. The molecule has 1 aliphatic heterocycles. The molecule has 2 aromatic rings. The number of hydrogen-bond acceptors (Lipinski definition) is 3. The molecule has 1 unspecified atom stereocenters. The molecule has 4 nitrogen and oxygen atoms in total. The Morgan fingerprint density at radius 2 is 1.88 bits per heavy atom. The predicted octanol–water partition coefficient (Wildman–Crippen LogP) is 2.80. The van der Waals surface area contributed by atoms with Crippen molar-refractivity contribution in [2.24, 2.45) is 0 Å². The summed E-state index contributed by atoms with van der Waals surface area (Å²) in [6.45, 7) is 5.86. The molecule has 1 N–H and O–H groups in total. The van der Waals surface area contributed by atoms with Crippen LogP contribution in [0.3, 0.4) is 0 Å². The van der Waals surface area contributed by atoms with Gasteiger partial charge in [0.05, 0.1) is 19.3 Å². The fourth-order valence-corrected chi connectivity index (χ4v) is 3.10. The SMILES string of the molecule is Cc1cccc(C(=O)NCC(c2ccccc2)N2CCOCC2)c1. The summed E-state index contributed by atoms with van der Waals surface area (Å²) in [5.74, 6) is -0.0205. The number of carbonyl (C=O) groups is 1. The van der Waals surface area contributed by atoms with Gasteiger partial charge in [-0.25, -0.2) is 0 Å². The van der Waals surface area contributed by atoms with Gasteiger partial charge in [-0.05, 0) is 24.6 Å². The zero-order chi connectivity index (χ0) is 16.8. The molecule has 1 atom stereocenters. The number of benzene rings is 2. The number of aryl methyl sites for hydroxylation is 1. The van der Waals surface area contributed by atoms with Crippen molar-refractivity contribution in [3.05, 3.63) is 71.3 Å². The van der Waals surface area contributed by atoms with E-state index in [9.17, 15) is 4.79 Å². The summed E-state index contributed by atoms with van der Waals surface area (Å²) in [7, 11) is 0. The van der Waals surface area contributed by atoms with Gasteiger partial charge in [-0.2, -0.15) is 0 Å². The molecule has 0 saturated carbocycles. The second-order valence-corrected chi connectivity index (χ2v) is 6.15. The van der Waals surface area contributed by atoms with Gasteiger partial charge in [-0.1, -0.05) is 48.0 Å². The Kier molecular flexibility index (Phi) is 5.62. The van der Waals surface area contributed by atoms with Crippen LogP contribution in [-0.2, 0) is 4.74 Å². The molecule has 0 radical (unpaired) electrons. The number of morpholine rings is 1. The van der Waals surface area contributed by atoms with Crippen molar-refractivity contribution in [3.63, 3.8) is 0 Å². The normalized spacial score (nSPS) is 16.5. The minimum atomic E-state index is -0.0205. The zero-order valence-corrected chi connectivity index (χ0v) is 14.1. The molecular formula is C20H24N2O2. The van der Waals surface area contributed by atoms with Crippen LogP contribution in [-0.4, -0.2) is 43.7 Å². The predicted molar refractivity (Wildman–Crippen MR) is 95.1 cm³/mol. The molecule has 4 heteroatoms. The molecule has 1 amide bonds. The first-order valence-corrected chi connectivity index (χ1v) is 8.45. The zero-order valence-electron chi connectivity index (χ0n) is 14.1. The van der Waals surface area contributed by atoms with Crippen molar-refractivity contribution in [3.8, 4) is 0 Å². The first kappa shape index (κ1) is 16.7. The topological polar surface area (TPSA) is 41.6 Å². The number of nitrogens with zero attached hydrogens (tertiary/aromatic N) is 1. The maximum atomic E-state index is 12.5. The van der Waals surface area contributed by atoms with Gasteiger partial charge in [-0.15, -0.1) is 0 Å². The van der Waals surface area contributed by atoms with Gasteiger partial charge in [0.1, 0.15) is 0 Å². The second kappa shape index (κ2) is 8.08. The highest BCUT2D eigenvalue weighted by atomic mass is 16.5. The molecule has 1 heterocycles. The lowest BCUT2D eigenvalue weighted by Crippen LogP contribution is -2.43. The molecule has 1 saturated heterocycles. The van der Waals surface area contributed by atoms with E-state index >= 15 is 0 Å². The van der Waals surface area contributed by atoms with E-state index in [1.54, 1.807) is 0 Å². The number of ether oxygens (including phenoxy) is 1. The van der Waals surface area contributed by atoms with E-state index in [0.717, 1.165) is 31.9 Å². The fraction of sp³-hybridized carbons (Fsp3) is 0.350. The van der Waals surface area contributed by atoms with E-state index in [1.807, 2.05) is 49.4 Å². The second-order valence-electron chi connectivity index (χ2n) is 6.15. The minimum Gasteiger partial charge on any atom is -0.379 e. The highest BCUT2D eigenvalue weighted by Gasteiger charge is 2.23. The maximum absolute atomic E-state index is 12.5. The lowest BCUT2D eigenvalue weighted by Gasteiger charge is -2.35. The van der Waals surface area contributed by atoms with Gasteiger partial charge in [0.25, 0.3) is 5.91 Å². The van der Waals surface area contributed by atoms with Crippen LogP contribution in [0, 0.1) is 6.92 Å². The Labute approximate surface area is 143 Å². The number of amides is 1. The molecular weight excluding hydrogens is 300 g/mol. The Morgan fingerprint density at radius 1 is 1.12 bits per heavy atom. The number of rotatable bonds is 5. The van der Waals surface area contributed by atoms with Crippen LogP contribution in [0.15, 0.2) is 54.6 Å². The highest BCUT2D eigenvalue weighted by molar-refractivity contribution is 5.94. The standard InChI is InChI=1S/C20H24N2O2/c1-16-6-5-9-18(14-16)20(23)21-15-19(17-7-3-2-4-8-17)22-10-12-24-13-11-22/h2-9,14,19H,10-13,15H2,1H3,(H,21,23). The molecule has 2 aromatic carbocycles. The van der Waals surface area contributed by atoms with Crippen molar-refractivity contribution < 1.29 is 9.53 Å². The summed E-state index contributed by atoms with van der Waals surface area (Å²) in [5, 5.41) is 3.10. The molecule has 0 spiro atoms. The third kappa shape index (κ3) is 4.22. The van der Waals surface area contributed by atoms with Crippen molar-refractivity contribution in [2.75, 3.05) is 32.8 Å². The summed E-state index contributed by atoms with van der Waals surface area (Å²) in [6, 6.07) is 18.2. The molecule has 0 aromatic heterocycles. The molecule has 0 bridgehead atoms. The average molecular weight is 324 g/mol. The molecule has 1 aliphatic rings. The fourth-order valence-electron chi connectivity index (χ4n) is 3.10. The summed E-state index contributed by atoms with van der Waals surface area (Å²) < 4.78 is 5.46. The first-order chi connectivity index (χ1) is 11.7. The maximum Gasteiger partial charge on any atom is 0.251 e. The van der Waals surface area contributed by atoms with E-state index in [0.29, 0.717) is 12.1 Å². The lowest BCUT2D eigenvalue weighted by atomic mass is 10.0. The average Bonchev–Trinajstić information content (AvgIpc) is 2.63. The van der Waals surface area contributed by atoms with Gasteiger partial charge >= 0.3 is 0 Å². The van der Waals surface area contributed by atoms with Gasteiger partial charge < -0.3 is 10.1 Å². The third-order valence-corrected chi connectivity index (χ3v) is 4.41. The summed E-state index contributed by atoms with van der Waals surface area (Å²) >= 11 is 0. The van der Waals surface area contributed by atoms with Crippen molar-refractivity contribution in [1.82, 2.24) is 10.2 Å². The monoisotopic (exact) mass is 324 g/mol. The number of nitrogens with one attached hydrogen (secondary N) is 1. The Morgan fingerprint density at radius 3 is 2.58 bits per heavy atom. The number of carbonyl (C=O) groups excluding carboxylic acids is 1. The van der Waals surface area contributed by atoms with Gasteiger partial charge in [0, 0.05) is 25.2 Å². The minimum absolute atomic E-state index is 0.0205. The Bertz CT molecular complexity index is 666. The third-order valence-electron chi connectivity index (χ3n) is 4.41. The summed E-state index contributed by atoms with van der Waals surface area (Å²) in [5.41, 5.74) is 3.03. The number of hydrogen-bond donors (Lipinski definition) is 1.